The van der Waals surface area contributed by atoms with Gasteiger partial charge in [0.25, 0.3) is 0 Å². The summed E-state index contributed by atoms with van der Waals surface area (Å²) in [5.41, 5.74) is 2.36. The highest BCUT2D eigenvalue weighted by Crippen LogP contribution is 2.35. The first-order valence-electron chi connectivity index (χ1n) is 9.13. The van der Waals surface area contributed by atoms with E-state index in [1.165, 1.54) is 0 Å². The Morgan fingerprint density at radius 1 is 1.00 bits per heavy atom. The highest BCUT2D eigenvalue weighted by Gasteiger charge is 2.27. The van der Waals surface area contributed by atoms with Crippen LogP contribution in [-0.2, 0) is 11.4 Å². The van der Waals surface area contributed by atoms with Crippen LogP contribution in [0.25, 0.3) is 0 Å². The Labute approximate surface area is 156 Å². The second-order valence-electron chi connectivity index (χ2n) is 7.21. The molecule has 4 heteroatoms. The van der Waals surface area contributed by atoms with Gasteiger partial charge in [-0.25, -0.2) is 0 Å². The number of nitrogens with zero attached hydrogens (tertiary/aromatic N) is 1. The van der Waals surface area contributed by atoms with Gasteiger partial charge in [-0.2, -0.15) is 0 Å². The monoisotopic (exact) mass is 355 g/mol. The molecular formula is C22H29NO3. The minimum Gasteiger partial charge on any atom is -0.508 e. The molecule has 1 amide bonds. The van der Waals surface area contributed by atoms with Gasteiger partial charge >= 0.3 is 0 Å². The van der Waals surface area contributed by atoms with Crippen LogP contribution >= 0.6 is 0 Å². The summed E-state index contributed by atoms with van der Waals surface area (Å²) in [4.78, 5) is 14.9. The van der Waals surface area contributed by atoms with Gasteiger partial charge in [-0.15, -0.1) is 0 Å². The number of carbonyl (C=O) groups is 1. The molecule has 0 aromatic heterocycles. The first-order valence-corrected chi connectivity index (χ1v) is 9.13. The Bertz CT molecular complexity index is 717. The van der Waals surface area contributed by atoms with Crippen molar-refractivity contribution in [2.45, 2.75) is 58.7 Å². The molecule has 0 spiro atoms. The van der Waals surface area contributed by atoms with Gasteiger partial charge in [0, 0.05) is 30.0 Å². The molecule has 1 unspecified atom stereocenters. The maximum Gasteiger partial charge on any atom is 0.223 e. The fourth-order valence-corrected chi connectivity index (χ4v) is 3.53. The van der Waals surface area contributed by atoms with E-state index < -0.39 is 0 Å². The molecule has 0 saturated heterocycles. The maximum atomic E-state index is 13.0. The number of hydrogen-bond acceptors (Lipinski definition) is 3. The lowest BCUT2D eigenvalue weighted by atomic mass is 9.86. The van der Waals surface area contributed by atoms with E-state index in [0.29, 0.717) is 5.56 Å². The number of benzene rings is 2. The van der Waals surface area contributed by atoms with E-state index in [1.807, 2.05) is 62.9 Å². The third kappa shape index (κ3) is 4.64. The summed E-state index contributed by atoms with van der Waals surface area (Å²) in [6.07, 6.45) is 0.267. The minimum atomic E-state index is -0.268. The molecule has 0 heterocycles. The van der Waals surface area contributed by atoms with Crippen LogP contribution < -0.4 is 0 Å². The summed E-state index contributed by atoms with van der Waals surface area (Å²) in [5, 5.41) is 19.9. The summed E-state index contributed by atoms with van der Waals surface area (Å²) >= 11 is 0. The Hall–Kier alpha value is -2.33. The third-order valence-electron chi connectivity index (χ3n) is 4.63. The van der Waals surface area contributed by atoms with Gasteiger partial charge in [-0.1, -0.05) is 36.4 Å². The van der Waals surface area contributed by atoms with Gasteiger partial charge in [-0.3, -0.25) is 4.79 Å². The summed E-state index contributed by atoms with van der Waals surface area (Å²) in [5.74, 6) is -0.0719. The molecule has 2 N–H and O–H groups in total. The summed E-state index contributed by atoms with van der Waals surface area (Å²) in [6.45, 7) is 7.95. The normalized spacial score (nSPS) is 12.4. The average molecular weight is 355 g/mol. The number of hydrogen-bond donors (Lipinski definition) is 2. The highest BCUT2D eigenvalue weighted by molar-refractivity contribution is 5.78. The SMILES string of the molecule is CC(C)N(C(=O)CC(c1ccccc1)c1cc(CO)ccc1O)C(C)C. The molecule has 2 aromatic carbocycles. The van der Waals surface area contributed by atoms with Gasteiger partial charge in [0.2, 0.25) is 5.91 Å². The predicted molar refractivity (Wildman–Crippen MR) is 104 cm³/mol. The van der Waals surface area contributed by atoms with Crippen molar-refractivity contribution >= 4 is 5.91 Å². The lowest BCUT2D eigenvalue weighted by Gasteiger charge is -2.32. The average Bonchev–Trinajstić information content (AvgIpc) is 2.60. The first-order chi connectivity index (χ1) is 12.3. The van der Waals surface area contributed by atoms with E-state index in [1.54, 1.807) is 18.2 Å². The summed E-state index contributed by atoms with van der Waals surface area (Å²) in [6, 6.07) is 15.0. The first kappa shape index (κ1) is 20.0. The van der Waals surface area contributed by atoms with Crippen LogP contribution in [0.3, 0.4) is 0 Å². The predicted octanol–water partition coefficient (Wildman–Crippen LogP) is 4.05. The van der Waals surface area contributed by atoms with Gasteiger partial charge in [0.15, 0.2) is 0 Å². The molecule has 0 saturated carbocycles. The van der Waals surface area contributed by atoms with Crippen molar-refractivity contribution in [3.63, 3.8) is 0 Å². The van der Waals surface area contributed by atoms with Crippen molar-refractivity contribution in [3.05, 3.63) is 65.2 Å². The Morgan fingerprint density at radius 3 is 2.15 bits per heavy atom. The number of amides is 1. The second kappa shape index (κ2) is 8.86. The zero-order valence-corrected chi connectivity index (χ0v) is 16.0. The van der Waals surface area contributed by atoms with Gasteiger partial charge in [-0.05, 0) is 51.0 Å². The number of aliphatic hydroxyl groups excluding tert-OH is 1. The number of carbonyl (C=O) groups excluding carboxylic acids is 1. The standard InChI is InChI=1S/C22H29NO3/c1-15(2)23(16(3)4)22(26)13-19(18-8-6-5-7-9-18)20-12-17(14-24)10-11-21(20)25/h5-12,15-16,19,24-25H,13-14H2,1-4H3. The quantitative estimate of drug-likeness (QED) is 0.787. The van der Waals surface area contributed by atoms with Crippen molar-refractivity contribution in [2.75, 3.05) is 0 Å². The zero-order valence-electron chi connectivity index (χ0n) is 16.0. The molecule has 2 rings (SSSR count). The number of aliphatic hydroxyl groups is 1. The zero-order chi connectivity index (χ0) is 19.3. The molecule has 0 aliphatic carbocycles. The third-order valence-corrected chi connectivity index (χ3v) is 4.63. The van der Waals surface area contributed by atoms with Gasteiger partial charge in [0.1, 0.15) is 5.75 Å². The number of aromatic hydroxyl groups is 1. The van der Waals surface area contributed by atoms with Crippen molar-refractivity contribution in [3.8, 4) is 5.75 Å². The van der Waals surface area contributed by atoms with E-state index in [0.717, 1.165) is 11.1 Å². The molecule has 26 heavy (non-hydrogen) atoms. The van der Waals surface area contributed by atoms with Crippen LogP contribution in [0.4, 0.5) is 0 Å². The van der Waals surface area contributed by atoms with Crippen LogP contribution in [0.5, 0.6) is 5.75 Å². The van der Waals surface area contributed by atoms with E-state index in [-0.39, 0.29) is 42.7 Å². The van der Waals surface area contributed by atoms with E-state index >= 15 is 0 Å². The molecule has 4 nitrogen and oxygen atoms in total. The summed E-state index contributed by atoms with van der Waals surface area (Å²) < 4.78 is 0. The van der Waals surface area contributed by atoms with Crippen molar-refractivity contribution in [1.29, 1.82) is 0 Å². The fraction of sp³-hybridized carbons (Fsp3) is 0.409. The smallest absolute Gasteiger partial charge is 0.223 e. The fourth-order valence-electron chi connectivity index (χ4n) is 3.53. The molecule has 0 aliphatic rings. The van der Waals surface area contributed by atoms with Crippen molar-refractivity contribution in [1.82, 2.24) is 4.90 Å². The van der Waals surface area contributed by atoms with Gasteiger partial charge < -0.3 is 15.1 Å². The molecule has 0 fully saturated rings. The van der Waals surface area contributed by atoms with Crippen LogP contribution in [0.2, 0.25) is 0 Å². The Kier molecular flexibility index (Phi) is 6.81. The lowest BCUT2D eigenvalue weighted by Crippen LogP contribution is -2.42. The topological polar surface area (TPSA) is 60.8 Å². The molecule has 0 aliphatic heterocycles. The van der Waals surface area contributed by atoms with E-state index in [2.05, 4.69) is 0 Å². The number of phenols is 1. The number of phenolic OH excluding ortho intramolecular Hbond substituents is 1. The van der Waals surface area contributed by atoms with Crippen LogP contribution in [0, 0.1) is 0 Å². The molecule has 0 bridgehead atoms. The van der Waals surface area contributed by atoms with Crippen LogP contribution in [0.1, 0.15) is 56.7 Å². The largest absolute Gasteiger partial charge is 0.508 e. The number of rotatable bonds is 7. The van der Waals surface area contributed by atoms with Crippen molar-refractivity contribution in [2.24, 2.45) is 0 Å². The van der Waals surface area contributed by atoms with E-state index in [4.69, 9.17) is 0 Å². The van der Waals surface area contributed by atoms with Crippen LogP contribution in [-0.4, -0.2) is 33.1 Å². The van der Waals surface area contributed by atoms with E-state index in [9.17, 15) is 15.0 Å². The Balaban J connectivity index is 2.45. The second-order valence-corrected chi connectivity index (χ2v) is 7.21. The Morgan fingerprint density at radius 2 is 1.62 bits per heavy atom. The maximum absolute atomic E-state index is 13.0. The minimum absolute atomic E-state index is 0.0534. The molecular weight excluding hydrogens is 326 g/mol. The van der Waals surface area contributed by atoms with Gasteiger partial charge in [0.05, 0.1) is 6.61 Å². The summed E-state index contributed by atoms with van der Waals surface area (Å²) in [7, 11) is 0. The van der Waals surface area contributed by atoms with Crippen molar-refractivity contribution < 1.29 is 15.0 Å². The molecule has 2 aromatic rings. The molecule has 0 radical (unpaired) electrons. The highest BCUT2D eigenvalue weighted by atomic mass is 16.3. The lowest BCUT2D eigenvalue weighted by molar-refractivity contribution is -0.135. The molecule has 140 valence electrons. The van der Waals surface area contributed by atoms with Crippen LogP contribution in [0.15, 0.2) is 48.5 Å². The molecule has 1 atom stereocenters.